The van der Waals surface area contributed by atoms with Gasteiger partial charge in [-0.1, -0.05) is 0 Å². The lowest BCUT2D eigenvalue weighted by Gasteiger charge is -2.17. The van der Waals surface area contributed by atoms with Crippen LogP contribution in [0.3, 0.4) is 0 Å². The van der Waals surface area contributed by atoms with Gasteiger partial charge in [0.05, 0.1) is 11.2 Å². The molecule has 1 amide bonds. The van der Waals surface area contributed by atoms with Crippen molar-refractivity contribution in [1.82, 2.24) is 5.32 Å². The summed E-state index contributed by atoms with van der Waals surface area (Å²) in [7, 11) is -3.98. The molecule has 0 saturated heterocycles. The summed E-state index contributed by atoms with van der Waals surface area (Å²) in [6, 6.07) is 11.4. The Morgan fingerprint density at radius 3 is 2.43 bits per heavy atom. The molecule has 0 unspecified atom stereocenters. The maximum Gasteiger partial charge on any atom is 0.251 e. The average molecular weight is 405 g/mol. The highest BCUT2D eigenvalue weighted by Gasteiger charge is 2.32. The molecule has 1 aromatic heterocycles. The fraction of sp³-hybridized carbons (Fsp3) is 0.150. The third-order valence-corrected chi connectivity index (χ3v) is 6.31. The molecule has 0 saturated carbocycles. The molecule has 0 aliphatic rings. The maximum atomic E-state index is 13.5. The first-order valence-corrected chi connectivity index (χ1v) is 9.91. The molecule has 28 heavy (non-hydrogen) atoms. The second kappa shape index (κ2) is 7.93. The number of rotatable bonds is 6. The van der Waals surface area contributed by atoms with E-state index in [-0.39, 0.29) is 28.3 Å². The van der Waals surface area contributed by atoms with Crippen molar-refractivity contribution in [3.8, 4) is 0 Å². The van der Waals surface area contributed by atoms with Crippen LogP contribution in [0.1, 0.15) is 26.9 Å². The quantitative estimate of drug-likeness (QED) is 0.633. The molecular weight excluding hydrogens is 388 g/mol. The zero-order valence-electron chi connectivity index (χ0n) is 14.9. The molecule has 1 N–H and O–H groups in total. The summed E-state index contributed by atoms with van der Waals surface area (Å²) in [5, 5.41) is 1.32. The molecule has 1 heterocycles. The lowest BCUT2D eigenvalue weighted by Crippen LogP contribution is -2.31. The lowest BCUT2D eigenvalue weighted by molar-refractivity contribution is 0.0953. The molecule has 1 atom stereocenters. The number of aryl methyl sites for hydroxylation is 1. The van der Waals surface area contributed by atoms with Crippen molar-refractivity contribution in [2.45, 2.75) is 17.1 Å². The molecular formula is C20H17F2NO4S. The summed E-state index contributed by atoms with van der Waals surface area (Å²) in [4.78, 5) is 12.2. The van der Waals surface area contributed by atoms with Gasteiger partial charge in [-0.2, -0.15) is 0 Å². The molecule has 5 nitrogen and oxygen atoms in total. The van der Waals surface area contributed by atoms with Gasteiger partial charge in [0, 0.05) is 12.1 Å². The average Bonchev–Trinajstić information content (AvgIpc) is 3.18. The largest absolute Gasteiger partial charge is 0.468 e. The van der Waals surface area contributed by atoms with E-state index < -0.39 is 32.6 Å². The fourth-order valence-corrected chi connectivity index (χ4v) is 4.35. The minimum absolute atomic E-state index is 0.0798. The van der Waals surface area contributed by atoms with Gasteiger partial charge in [0.1, 0.15) is 22.6 Å². The van der Waals surface area contributed by atoms with Crippen LogP contribution in [0.2, 0.25) is 0 Å². The van der Waals surface area contributed by atoms with Crippen LogP contribution in [-0.2, 0) is 9.84 Å². The number of hydrogen-bond acceptors (Lipinski definition) is 4. The highest BCUT2D eigenvalue weighted by molar-refractivity contribution is 7.91. The summed E-state index contributed by atoms with van der Waals surface area (Å²) in [6.07, 6.45) is 1.33. The highest BCUT2D eigenvalue weighted by atomic mass is 32.2. The van der Waals surface area contributed by atoms with E-state index in [2.05, 4.69) is 5.32 Å². The Kier molecular flexibility index (Phi) is 5.60. The van der Waals surface area contributed by atoms with Crippen molar-refractivity contribution in [2.24, 2.45) is 0 Å². The molecule has 0 bridgehead atoms. The minimum atomic E-state index is -3.98. The Bertz CT molecular complexity index is 1080. The SMILES string of the molecule is Cc1cc(S(=O)(=O)[C@H](CNC(=O)c2ccc(F)cc2)c2ccco2)ccc1F. The Morgan fingerprint density at radius 2 is 1.82 bits per heavy atom. The summed E-state index contributed by atoms with van der Waals surface area (Å²) < 4.78 is 58.0. The molecule has 0 radical (unpaired) electrons. The van der Waals surface area contributed by atoms with Crippen LogP contribution in [-0.4, -0.2) is 20.9 Å². The van der Waals surface area contributed by atoms with E-state index in [0.29, 0.717) is 0 Å². The van der Waals surface area contributed by atoms with E-state index in [1.54, 1.807) is 0 Å². The Balaban J connectivity index is 1.88. The van der Waals surface area contributed by atoms with Gasteiger partial charge in [-0.25, -0.2) is 17.2 Å². The molecule has 0 aliphatic carbocycles. The van der Waals surface area contributed by atoms with Crippen LogP contribution in [0.25, 0.3) is 0 Å². The summed E-state index contributed by atoms with van der Waals surface area (Å²) >= 11 is 0. The summed E-state index contributed by atoms with van der Waals surface area (Å²) in [6.45, 7) is 1.19. The molecule has 0 spiro atoms. The van der Waals surface area contributed by atoms with Crippen molar-refractivity contribution in [3.63, 3.8) is 0 Å². The molecule has 2 aromatic carbocycles. The van der Waals surface area contributed by atoms with Crippen LogP contribution >= 0.6 is 0 Å². The van der Waals surface area contributed by atoms with Gasteiger partial charge < -0.3 is 9.73 Å². The lowest BCUT2D eigenvalue weighted by atomic mass is 10.2. The van der Waals surface area contributed by atoms with Crippen molar-refractivity contribution in [2.75, 3.05) is 6.54 Å². The second-order valence-corrected chi connectivity index (χ2v) is 8.31. The van der Waals surface area contributed by atoms with Crippen LogP contribution < -0.4 is 5.32 Å². The normalized spacial score (nSPS) is 12.5. The zero-order valence-corrected chi connectivity index (χ0v) is 15.7. The Hall–Kier alpha value is -3.00. The van der Waals surface area contributed by atoms with Gasteiger partial charge in [-0.05, 0) is 67.1 Å². The van der Waals surface area contributed by atoms with E-state index in [1.165, 1.54) is 49.6 Å². The number of halogens is 2. The topological polar surface area (TPSA) is 76.4 Å². The zero-order chi connectivity index (χ0) is 20.3. The molecule has 0 fully saturated rings. The Labute approximate surface area is 160 Å². The number of furan rings is 1. The highest BCUT2D eigenvalue weighted by Crippen LogP contribution is 2.30. The van der Waals surface area contributed by atoms with Crippen molar-refractivity contribution in [3.05, 3.63) is 89.4 Å². The van der Waals surface area contributed by atoms with Crippen LogP contribution in [0.4, 0.5) is 8.78 Å². The van der Waals surface area contributed by atoms with Gasteiger partial charge >= 0.3 is 0 Å². The van der Waals surface area contributed by atoms with Gasteiger partial charge in [0.25, 0.3) is 5.91 Å². The van der Waals surface area contributed by atoms with Gasteiger partial charge in [-0.15, -0.1) is 0 Å². The maximum absolute atomic E-state index is 13.5. The number of sulfone groups is 1. The van der Waals surface area contributed by atoms with Gasteiger partial charge in [0.2, 0.25) is 0 Å². The first-order chi connectivity index (χ1) is 13.3. The molecule has 3 rings (SSSR count). The summed E-state index contributed by atoms with van der Waals surface area (Å²) in [5.41, 5.74) is 0.379. The first kappa shape index (κ1) is 19.8. The third kappa shape index (κ3) is 4.12. The molecule has 8 heteroatoms. The second-order valence-electron chi connectivity index (χ2n) is 6.18. The first-order valence-electron chi connectivity index (χ1n) is 8.36. The van der Waals surface area contributed by atoms with Crippen LogP contribution in [0.15, 0.2) is 70.2 Å². The van der Waals surface area contributed by atoms with Crippen LogP contribution in [0.5, 0.6) is 0 Å². The van der Waals surface area contributed by atoms with E-state index in [9.17, 15) is 22.0 Å². The number of benzene rings is 2. The standard InChI is InChI=1S/C20H17F2NO4S/c1-13-11-16(8-9-17(13)22)28(25,26)19(18-3-2-10-27-18)12-23-20(24)14-4-6-15(21)7-5-14/h2-11,19H,12H2,1H3,(H,23,24)/t19-/m1/s1. The van der Waals surface area contributed by atoms with Crippen molar-refractivity contribution in [1.29, 1.82) is 0 Å². The van der Waals surface area contributed by atoms with Crippen LogP contribution in [0, 0.1) is 18.6 Å². The van der Waals surface area contributed by atoms with Gasteiger partial charge in [-0.3, -0.25) is 4.79 Å². The number of hydrogen-bond donors (Lipinski definition) is 1. The third-order valence-electron chi connectivity index (χ3n) is 4.25. The predicted octanol–water partition coefficient (Wildman–Crippen LogP) is 3.81. The van der Waals surface area contributed by atoms with E-state index in [4.69, 9.17) is 4.42 Å². The molecule has 3 aromatic rings. The van der Waals surface area contributed by atoms with E-state index in [1.807, 2.05) is 0 Å². The monoisotopic (exact) mass is 405 g/mol. The number of amides is 1. The smallest absolute Gasteiger partial charge is 0.251 e. The fourth-order valence-electron chi connectivity index (χ4n) is 2.68. The van der Waals surface area contributed by atoms with E-state index >= 15 is 0 Å². The number of carbonyl (C=O) groups is 1. The summed E-state index contributed by atoms with van der Waals surface area (Å²) in [5.74, 6) is -1.42. The van der Waals surface area contributed by atoms with Gasteiger partial charge in [0.15, 0.2) is 9.84 Å². The van der Waals surface area contributed by atoms with E-state index in [0.717, 1.165) is 18.2 Å². The Morgan fingerprint density at radius 1 is 1.11 bits per heavy atom. The van der Waals surface area contributed by atoms with Crippen molar-refractivity contribution >= 4 is 15.7 Å². The molecule has 0 aliphatic heterocycles. The molecule has 146 valence electrons. The number of nitrogens with one attached hydrogen (secondary N) is 1. The predicted molar refractivity (Wildman–Crippen MR) is 98.5 cm³/mol. The minimum Gasteiger partial charge on any atom is -0.468 e. The van der Waals surface area contributed by atoms with Crippen molar-refractivity contribution < 1.29 is 26.4 Å². The number of carbonyl (C=O) groups excluding carboxylic acids is 1.